The zero-order valence-electron chi connectivity index (χ0n) is 14.0. The molecule has 0 aliphatic rings. The van der Waals surface area contributed by atoms with E-state index in [4.69, 9.17) is 5.73 Å². The minimum atomic E-state index is -0.231. The molecule has 0 saturated heterocycles. The fourth-order valence-electron chi connectivity index (χ4n) is 3.01. The molecule has 0 saturated carbocycles. The number of nitrogens with two attached hydrogens (primary N) is 1. The molecule has 0 amide bonds. The predicted octanol–water partition coefficient (Wildman–Crippen LogP) is -1.31. The molecule has 0 aliphatic carbocycles. The summed E-state index contributed by atoms with van der Waals surface area (Å²) in [6.07, 6.45) is 1.92. The quantitative estimate of drug-likeness (QED) is 0.409. The van der Waals surface area contributed by atoms with Crippen LogP contribution in [0.2, 0.25) is 0 Å². The van der Waals surface area contributed by atoms with Gasteiger partial charge in [-0.3, -0.25) is 9.78 Å². The molecule has 4 aromatic rings. The number of nitrogens with one attached hydrogen (secondary N) is 1. The summed E-state index contributed by atoms with van der Waals surface area (Å²) in [5.74, 6) is 0.122. The van der Waals surface area contributed by atoms with E-state index in [1.807, 2.05) is 76.1 Å². The van der Waals surface area contributed by atoms with Crippen LogP contribution < -0.4 is 32.8 Å². The standard InChI is InChI=1S/C19H17N5O.BrH/c20-19-21-17-16(18(25)22-19)23(11-14-7-3-1-4-8-14)13-24(17)12-15-9-5-2-6-10-15;/h1-10,13H,11-12H2,(H2-,20,21,22,25);1H. The molecular formula is C19H18BrN5O. The van der Waals surface area contributed by atoms with Crippen molar-refractivity contribution in [3.05, 3.63) is 88.5 Å². The average molecular weight is 412 g/mol. The summed E-state index contributed by atoms with van der Waals surface area (Å²) in [5, 5.41) is 0. The van der Waals surface area contributed by atoms with E-state index in [0.717, 1.165) is 11.1 Å². The van der Waals surface area contributed by atoms with Crippen LogP contribution >= 0.6 is 0 Å². The Morgan fingerprint density at radius 2 is 1.62 bits per heavy atom. The Kier molecular flexibility index (Phi) is 5.18. The molecule has 0 fully saturated rings. The van der Waals surface area contributed by atoms with Gasteiger partial charge >= 0.3 is 5.56 Å². The number of aromatic amines is 1. The van der Waals surface area contributed by atoms with Gasteiger partial charge in [-0.25, -0.2) is 9.13 Å². The van der Waals surface area contributed by atoms with Crippen molar-refractivity contribution in [3.63, 3.8) is 0 Å². The largest absolute Gasteiger partial charge is 1.00 e. The van der Waals surface area contributed by atoms with Crippen LogP contribution in [0.1, 0.15) is 11.1 Å². The van der Waals surface area contributed by atoms with E-state index in [1.54, 1.807) is 0 Å². The molecular weight excluding hydrogens is 394 g/mol. The van der Waals surface area contributed by atoms with Crippen molar-refractivity contribution in [1.29, 1.82) is 0 Å². The van der Waals surface area contributed by atoms with Crippen LogP contribution in [-0.2, 0) is 13.1 Å². The number of H-pyrrole nitrogens is 1. The van der Waals surface area contributed by atoms with E-state index in [2.05, 4.69) is 9.97 Å². The molecule has 6 nitrogen and oxygen atoms in total. The highest BCUT2D eigenvalue weighted by Crippen LogP contribution is 2.10. The molecule has 2 aromatic carbocycles. The van der Waals surface area contributed by atoms with Crippen molar-refractivity contribution in [2.24, 2.45) is 0 Å². The van der Waals surface area contributed by atoms with Crippen LogP contribution in [0, 0.1) is 0 Å². The van der Waals surface area contributed by atoms with Crippen LogP contribution in [0.25, 0.3) is 11.2 Å². The van der Waals surface area contributed by atoms with E-state index < -0.39 is 0 Å². The van der Waals surface area contributed by atoms with E-state index in [9.17, 15) is 4.79 Å². The highest BCUT2D eigenvalue weighted by molar-refractivity contribution is 5.67. The van der Waals surface area contributed by atoms with Gasteiger partial charge < -0.3 is 22.7 Å². The van der Waals surface area contributed by atoms with Crippen molar-refractivity contribution in [3.8, 4) is 0 Å². The number of nitrogen functional groups attached to an aromatic ring is 1. The van der Waals surface area contributed by atoms with Gasteiger partial charge in [-0.05, 0) is 11.1 Å². The summed E-state index contributed by atoms with van der Waals surface area (Å²) in [5.41, 5.74) is 8.88. The Bertz CT molecular complexity index is 1070. The van der Waals surface area contributed by atoms with Crippen molar-refractivity contribution >= 4 is 17.1 Å². The Labute approximate surface area is 160 Å². The lowest BCUT2D eigenvalue weighted by atomic mass is 10.2. The highest BCUT2D eigenvalue weighted by atomic mass is 79.9. The topological polar surface area (TPSA) is 80.6 Å². The maximum Gasteiger partial charge on any atom is 0.304 e. The van der Waals surface area contributed by atoms with E-state index in [0.29, 0.717) is 24.3 Å². The smallest absolute Gasteiger partial charge is 0.304 e. The number of benzene rings is 2. The first-order chi connectivity index (χ1) is 12.2. The second kappa shape index (κ2) is 7.53. The fraction of sp³-hybridized carbons (Fsp3) is 0.105. The summed E-state index contributed by atoms with van der Waals surface area (Å²) in [4.78, 5) is 19.4. The zero-order valence-corrected chi connectivity index (χ0v) is 15.6. The second-order valence-electron chi connectivity index (χ2n) is 5.97. The Morgan fingerprint density at radius 3 is 2.27 bits per heavy atom. The maximum absolute atomic E-state index is 12.5. The van der Waals surface area contributed by atoms with Gasteiger partial charge in [0.1, 0.15) is 13.1 Å². The third-order valence-corrected chi connectivity index (χ3v) is 4.12. The molecule has 0 atom stereocenters. The van der Waals surface area contributed by atoms with Crippen molar-refractivity contribution in [1.82, 2.24) is 14.5 Å². The van der Waals surface area contributed by atoms with Gasteiger partial charge in [0.05, 0.1) is 0 Å². The minimum Gasteiger partial charge on any atom is -1.00 e. The maximum atomic E-state index is 12.5. The van der Waals surface area contributed by atoms with Crippen LogP contribution in [0.3, 0.4) is 0 Å². The van der Waals surface area contributed by atoms with Crippen molar-refractivity contribution in [2.45, 2.75) is 13.1 Å². The molecule has 26 heavy (non-hydrogen) atoms. The fourth-order valence-corrected chi connectivity index (χ4v) is 3.01. The Hall–Kier alpha value is -2.93. The second-order valence-corrected chi connectivity index (χ2v) is 5.97. The molecule has 2 heterocycles. The molecule has 0 radical (unpaired) electrons. The third-order valence-electron chi connectivity index (χ3n) is 4.12. The number of imidazole rings is 1. The van der Waals surface area contributed by atoms with Crippen LogP contribution in [0.5, 0.6) is 0 Å². The monoisotopic (exact) mass is 411 g/mol. The van der Waals surface area contributed by atoms with E-state index in [-0.39, 0.29) is 28.5 Å². The van der Waals surface area contributed by atoms with Crippen LogP contribution in [0.15, 0.2) is 71.8 Å². The van der Waals surface area contributed by atoms with Gasteiger partial charge in [-0.2, -0.15) is 4.98 Å². The number of fused-ring (bicyclic) bond motifs is 1. The van der Waals surface area contributed by atoms with Crippen LogP contribution in [-0.4, -0.2) is 14.5 Å². The predicted molar refractivity (Wildman–Crippen MR) is 96.0 cm³/mol. The normalized spacial score (nSPS) is 10.6. The summed E-state index contributed by atoms with van der Waals surface area (Å²) in [6.45, 7) is 1.21. The van der Waals surface area contributed by atoms with Gasteiger partial charge in [-0.15, -0.1) is 0 Å². The molecule has 3 N–H and O–H groups in total. The van der Waals surface area contributed by atoms with Gasteiger partial charge in [-0.1, -0.05) is 60.7 Å². The van der Waals surface area contributed by atoms with E-state index in [1.165, 1.54) is 0 Å². The van der Waals surface area contributed by atoms with Gasteiger partial charge in [0.2, 0.25) is 12.3 Å². The molecule has 2 aromatic heterocycles. The lowest BCUT2D eigenvalue weighted by Crippen LogP contribution is -3.00. The molecule has 132 valence electrons. The number of hydrogen-bond acceptors (Lipinski definition) is 3. The molecule has 4 rings (SSSR count). The summed E-state index contributed by atoms with van der Waals surface area (Å²) in [6, 6.07) is 20.1. The zero-order chi connectivity index (χ0) is 17.2. The number of nitrogens with zero attached hydrogens (tertiary/aromatic N) is 3. The number of aromatic nitrogens is 4. The number of anilines is 1. The molecule has 0 spiro atoms. The first-order valence-corrected chi connectivity index (χ1v) is 8.06. The van der Waals surface area contributed by atoms with E-state index >= 15 is 0 Å². The molecule has 0 bridgehead atoms. The lowest BCUT2D eigenvalue weighted by molar-refractivity contribution is -0.663. The Morgan fingerprint density at radius 1 is 1.00 bits per heavy atom. The van der Waals surface area contributed by atoms with Crippen molar-refractivity contribution < 1.29 is 21.5 Å². The molecule has 0 unspecified atom stereocenters. The third kappa shape index (κ3) is 3.52. The Balaban J connectivity index is 0.00000196. The lowest BCUT2D eigenvalue weighted by Gasteiger charge is -1.98. The van der Waals surface area contributed by atoms with Crippen molar-refractivity contribution in [2.75, 3.05) is 5.73 Å². The van der Waals surface area contributed by atoms with Gasteiger partial charge in [0.15, 0.2) is 0 Å². The number of rotatable bonds is 4. The average Bonchev–Trinajstić information content (AvgIpc) is 2.94. The van der Waals surface area contributed by atoms with Gasteiger partial charge in [0, 0.05) is 0 Å². The summed E-state index contributed by atoms with van der Waals surface area (Å²) in [7, 11) is 0. The molecule has 7 heteroatoms. The minimum absolute atomic E-state index is 0. The van der Waals surface area contributed by atoms with Gasteiger partial charge in [0.25, 0.3) is 11.2 Å². The first-order valence-electron chi connectivity index (χ1n) is 8.06. The summed E-state index contributed by atoms with van der Waals surface area (Å²) < 4.78 is 3.87. The SMILES string of the molecule is Nc1nc2c(c(=O)[nH]1)[n+](Cc1ccccc1)cn2Cc1ccccc1.[Br-]. The number of halogens is 1. The van der Waals surface area contributed by atoms with Crippen LogP contribution in [0.4, 0.5) is 5.95 Å². The highest BCUT2D eigenvalue weighted by Gasteiger charge is 2.21. The molecule has 0 aliphatic heterocycles. The first kappa shape index (κ1) is 17.9. The number of hydrogen-bond donors (Lipinski definition) is 2. The summed E-state index contributed by atoms with van der Waals surface area (Å²) >= 11 is 0.